The molecule has 3 aliphatic rings. The van der Waals surface area contributed by atoms with Gasteiger partial charge < -0.3 is 24.7 Å². The number of benzene rings is 2. The quantitative estimate of drug-likeness (QED) is 0.785. The predicted molar refractivity (Wildman–Crippen MR) is 109 cm³/mol. The molecule has 0 aliphatic carbocycles. The molecule has 0 bridgehead atoms. The second-order valence-electron chi connectivity index (χ2n) is 7.72. The fourth-order valence-corrected chi connectivity index (χ4v) is 3.99. The molecule has 0 spiro atoms. The number of aryl methyl sites for hydroxylation is 1. The summed E-state index contributed by atoms with van der Waals surface area (Å²) in [5.41, 5.74) is 5.45. The number of amides is 2. The second kappa shape index (κ2) is 7.59. The number of hydrazine groups is 1. The Labute approximate surface area is 178 Å². The van der Waals surface area contributed by atoms with Gasteiger partial charge in [-0.2, -0.15) is 0 Å². The minimum absolute atomic E-state index is 0.0724. The number of hydrogen-bond donors (Lipinski definition) is 2. The summed E-state index contributed by atoms with van der Waals surface area (Å²) in [6.07, 6.45) is 3.87. The van der Waals surface area contributed by atoms with Crippen molar-refractivity contribution in [2.24, 2.45) is 0 Å². The van der Waals surface area contributed by atoms with Crippen molar-refractivity contribution in [2.75, 3.05) is 18.7 Å². The maximum atomic E-state index is 13.5. The van der Waals surface area contributed by atoms with Gasteiger partial charge in [-0.05, 0) is 48.7 Å². The van der Waals surface area contributed by atoms with E-state index in [1.165, 1.54) is 17.0 Å². The predicted octanol–water partition coefficient (Wildman–Crippen LogP) is 2.43. The van der Waals surface area contributed by atoms with E-state index in [-0.39, 0.29) is 25.3 Å². The molecule has 0 saturated carbocycles. The molecule has 0 aromatic heterocycles. The number of nitrogens with zero attached hydrogens (tertiary/aromatic N) is 2. The minimum Gasteiger partial charge on any atom is -0.454 e. The Kier molecular flexibility index (Phi) is 4.74. The average Bonchev–Trinajstić information content (AvgIpc) is 3.39. The molecule has 2 amide bonds. The van der Waals surface area contributed by atoms with E-state index in [4.69, 9.17) is 9.47 Å². The summed E-state index contributed by atoms with van der Waals surface area (Å²) < 4.78 is 24.3. The molecule has 2 aromatic rings. The third kappa shape index (κ3) is 3.68. The van der Waals surface area contributed by atoms with Crippen LogP contribution >= 0.6 is 0 Å². The Morgan fingerprint density at radius 1 is 1.19 bits per heavy atom. The summed E-state index contributed by atoms with van der Waals surface area (Å²) in [7, 11) is 0. The van der Waals surface area contributed by atoms with Gasteiger partial charge in [0.25, 0.3) is 5.91 Å². The van der Waals surface area contributed by atoms with Crippen molar-refractivity contribution >= 4 is 17.5 Å². The van der Waals surface area contributed by atoms with Gasteiger partial charge in [0, 0.05) is 18.1 Å². The largest absolute Gasteiger partial charge is 0.454 e. The molecule has 31 heavy (non-hydrogen) atoms. The van der Waals surface area contributed by atoms with Crippen LogP contribution in [0.5, 0.6) is 11.5 Å². The molecule has 1 fully saturated rings. The van der Waals surface area contributed by atoms with Gasteiger partial charge >= 0.3 is 0 Å². The van der Waals surface area contributed by atoms with E-state index in [0.717, 1.165) is 11.1 Å². The van der Waals surface area contributed by atoms with Crippen molar-refractivity contribution in [3.8, 4) is 11.5 Å². The highest BCUT2D eigenvalue weighted by Crippen LogP contribution is 2.37. The third-order valence-electron chi connectivity index (χ3n) is 5.66. The normalized spacial score (nSPS) is 21.4. The van der Waals surface area contributed by atoms with Crippen molar-refractivity contribution in [1.82, 2.24) is 15.3 Å². The fourth-order valence-electron chi connectivity index (χ4n) is 3.99. The van der Waals surface area contributed by atoms with Crippen LogP contribution in [0.3, 0.4) is 0 Å². The molecule has 160 valence electrons. The zero-order valence-electron chi connectivity index (χ0n) is 16.8. The van der Waals surface area contributed by atoms with Crippen molar-refractivity contribution in [3.63, 3.8) is 0 Å². The first-order valence-electron chi connectivity index (χ1n) is 9.97. The van der Waals surface area contributed by atoms with Gasteiger partial charge in [0.05, 0.1) is 6.04 Å². The monoisotopic (exact) mass is 424 g/mol. The number of carbonyl (C=O) groups excluding carboxylic acids is 2. The lowest BCUT2D eigenvalue weighted by molar-refractivity contribution is -0.137. The van der Waals surface area contributed by atoms with Crippen LogP contribution in [0.15, 0.2) is 48.8 Å². The van der Waals surface area contributed by atoms with Crippen LogP contribution in [0.2, 0.25) is 0 Å². The molecule has 5 rings (SSSR count). The van der Waals surface area contributed by atoms with Crippen LogP contribution in [0.25, 0.3) is 0 Å². The zero-order valence-corrected chi connectivity index (χ0v) is 16.8. The Bertz CT molecular complexity index is 1090. The van der Waals surface area contributed by atoms with Gasteiger partial charge in [-0.25, -0.2) is 9.82 Å². The van der Waals surface area contributed by atoms with E-state index in [9.17, 15) is 14.0 Å². The fraction of sp³-hybridized carbons (Fsp3) is 0.273. The van der Waals surface area contributed by atoms with Gasteiger partial charge in [0.1, 0.15) is 18.4 Å². The first kappa shape index (κ1) is 19.4. The Hall–Kier alpha value is -3.59. The van der Waals surface area contributed by atoms with Crippen LogP contribution < -0.4 is 20.2 Å². The topological polar surface area (TPSA) is 83.1 Å². The summed E-state index contributed by atoms with van der Waals surface area (Å²) in [4.78, 5) is 26.8. The van der Waals surface area contributed by atoms with E-state index in [1.807, 2.05) is 18.2 Å². The van der Waals surface area contributed by atoms with Crippen molar-refractivity contribution in [1.29, 1.82) is 0 Å². The standard InChI is InChI=1S/C22H21FN4O4/c1-13-2-4-15(23)9-16(13)24-21(28)11-26-6-7-27-18(22(26)29)10-17(25-27)14-3-5-19-20(8-14)31-12-30-19/h2-9,17-18,25H,10-12H2,1H3,(H,24,28). The van der Waals surface area contributed by atoms with E-state index < -0.39 is 17.8 Å². The lowest BCUT2D eigenvalue weighted by Crippen LogP contribution is -2.49. The molecular formula is C22H21FN4O4. The molecule has 2 atom stereocenters. The molecule has 2 N–H and O–H groups in total. The number of halogens is 1. The third-order valence-corrected chi connectivity index (χ3v) is 5.66. The number of anilines is 1. The smallest absolute Gasteiger partial charge is 0.251 e. The number of rotatable bonds is 4. The number of nitrogens with one attached hydrogen (secondary N) is 2. The van der Waals surface area contributed by atoms with Gasteiger partial charge in [-0.1, -0.05) is 12.1 Å². The maximum Gasteiger partial charge on any atom is 0.251 e. The second-order valence-corrected chi connectivity index (χ2v) is 7.72. The summed E-state index contributed by atoms with van der Waals surface area (Å²) >= 11 is 0. The Balaban J connectivity index is 1.24. The summed E-state index contributed by atoms with van der Waals surface area (Å²) in [5, 5.41) is 4.44. The van der Waals surface area contributed by atoms with Crippen molar-refractivity contribution in [2.45, 2.75) is 25.4 Å². The molecule has 8 nitrogen and oxygen atoms in total. The number of hydrogen-bond acceptors (Lipinski definition) is 6. The van der Waals surface area contributed by atoms with Crippen molar-refractivity contribution in [3.05, 3.63) is 65.7 Å². The summed E-state index contributed by atoms with van der Waals surface area (Å²) in [6, 6.07) is 9.42. The molecule has 0 radical (unpaired) electrons. The Morgan fingerprint density at radius 3 is 2.90 bits per heavy atom. The maximum absolute atomic E-state index is 13.5. The van der Waals surface area contributed by atoms with Crippen LogP contribution in [-0.4, -0.2) is 41.1 Å². The first-order chi connectivity index (χ1) is 15.0. The van der Waals surface area contributed by atoms with E-state index in [0.29, 0.717) is 23.6 Å². The van der Waals surface area contributed by atoms with Crippen LogP contribution in [0.1, 0.15) is 23.6 Å². The molecule has 3 aliphatic heterocycles. The highest BCUT2D eigenvalue weighted by atomic mass is 19.1. The van der Waals surface area contributed by atoms with Gasteiger partial charge in [0.2, 0.25) is 12.7 Å². The van der Waals surface area contributed by atoms with E-state index in [1.54, 1.807) is 30.4 Å². The van der Waals surface area contributed by atoms with Crippen LogP contribution in [0, 0.1) is 12.7 Å². The first-order valence-corrected chi connectivity index (χ1v) is 9.97. The molecule has 1 saturated heterocycles. The summed E-state index contributed by atoms with van der Waals surface area (Å²) in [6.45, 7) is 1.84. The highest BCUT2D eigenvalue weighted by Gasteiger charge is 2.40. The van der Waals surface area contributed by atoms with Gasteiger partial charge in [-0.3, -0.25) is 9.59 Å². The SMILES string of the molecule is Cc1ccc(F)cc1NC(=O)CN1C=CN2NC(c3ccc4c(c3)OCO4)CC2C1=O. The minimum atomic E-state index is -0.433. The molecule has 9 heteroatoms. The van der Waals surface area contributed by atoms with Crippen molar-refractivity contribution < 1.29 is 23.5 Å². The van der Waals surface area contributed by atoms with E-state index in [2.05, 4.69) is 10.7 Å². The number of ether oxygens (including phenoxy) is 2. The molecule has 3 heterocycles. The van der Waals surface area contributed by atoms with Gasteiger partial charge in [0.15, 0.2) is 11.5 Å². The average molecular weight is 424 g/mol. The molecule has 2 aromatic carbocycles. The Morgan fingerprint density at radius 2 is 2.03 bits per heavy atom. The lowest BCUT2D eigenvalue weighted by atomic mass is 10.0. The number of carbonyl (C=O) groups is 2. The summed E-state index contributed by atoms with van der Waals surface area (Å²) in [5.74, 6) is 0.401. The van der Waals surface area contributed by atoms with Crippen LogP contribution in [0.4, 0.5) is 10.1 Å². The van der Waals surface area contributed by atoms with Gasteiger partial charge in [-0.15, -0.1) is 0 Å². The zero-order chi connectivity index (χ0) is 21.5. The number of fused-ring (bicyclic) bond motifs is 2. The highest BCUT2D eigenvalue weighted by molar-refractivity contribution is 5.96. The lowest BCUT2D eigenvalue weighted by Gasteiger charge is -2.31. The molecule has 2 unspecified atom stereocenters. The van der Waals surface area contributed by atoms with Crippen LogP contribution in [-0.2, 0) is 9.59 Å². The van der Waals surface area contributed by atoms with E-state index >= 15 is 0 Å². The molecular weight excluding hydrogens is 403 g/mol.